The first-order valence-electron chi connectivity index (χ1n) is 8.33. The summed E-state index contributed by atoms with van der Waals surface area (Å²) in [6, 6.07) is 13.7. The molecule has 0 radical (unpaired) electrons. The van der Waals surface area contributed by atoms with Crippen molar-refractivity contribution < 1.29 is 9.72 Å². The third-order valence-electron chi connectivity index (χ3n) is 4.25. The Hall–Kier alpha value is -3.28. The number of carbonyl (C=O) groups is 1. The van der Waals surface area contributed by atoms with Crippen molar-refractivity contribution >= 4 is 28.2 Å². The molecule has 0 aliphatic rings. The number of para-hydroxylation sites is 1. The van der Waals surface area contributed by atoms with Gasteiger partial charge in [0.15, 0.2) is 0 Å². The fourth-order valence-corrected chi connectivity index (χ4v) is 2.73. The number of nitrogens with one attached hydrogen (secondary N) is 1. The molecule has 0 unspecified atom stereocenters. The van der Waals surface area contributed by atoms with Crippen LogP contribution in [0.3, 0.4) is 0 Å². The summed E-state index contributed by atoms with van der Waals surface area (Å²) in [6.07, 6.45) is 0. The van der Waals surface area contributed by atoms with Gasteiger partial charge in [0.25, 0.3) is 11.6 Å². The van der Waals surface area contributed by atoms with E-state index in [0.717, 1.165) is 22.2 Å². The highest BCUT2D eigenvalue weighted by Gasteiger charge is 2.17. The van der Waals surface area contributed by atoms with Gasteiger partial charge in [0.2, 0.25) is 0 Å². The summed E-state index contributed by atoms with van der Waals surface area (Å²) in [5, 5.41) is 14.6. The lowest BCUT2D eigenvalue weighted by molar-refractivity contribution is -0.384. The Kier molecular flexibility index (Phi) is 4.67. The van der Waals surface area contributed by atoms with Crippen molar-refractivity contribution in [3.05, 3.63) is 75.5 Å². The quantitative estimate of drug-likeness (QED) is 0.540. The molecule has 3 rings (SSSR count). The first-order valence-corrected chi connectivity index (χ1v) is 8.33. The van der Waals surface area contributed by atoms with Gasteiger partial charge < -0.3 is 5.32 Å². The lowest BCUT2D eigenvalue weighted by atomic mass is 10.0. The highest BCUT2D eigenvalue weighted by atomic mass is 16.6. The Morgan fingerprint density at radius 1 is 1.15 bits per heavy atom. The summed E-state index contributed by atoms with van der Waals surface area (Å²) in [4.78, 5) is 28.1. The lowest BCUT2D eigenvalue weighted by Crippen LogP contribution is -2.14. The maximum Gasteiger partial charge on any atom is 0.271 e. The standard InChI is InChI=1S/C20H19N3O3/c1-12(2)18-11-16(15-6-4-5-7-17(15)21-18)20(24)22-19-10-14(23(25)26)9-8-13(19)3/h4-12H,1-3H3,(H,22,24). The van der Waals surface area contributed by atoms with Gasteiger partial charge in [0, 0.05) is 23.2 Å². The zero-order valence-electron chi connectivity index (χ0n) is 14.8. The van der Waals surface area contributed by atoms with Gasteiger partial charge in [0.05, 0.1) is 21.7 Å². The molecule has 1 N–H and O–H groups in total. The normalized spacial score (nSPS) is 10.9. The number of aryl methyl sites for hydroxylation is 1. The van der Waals surface area contributed by atoms with E-state index in [4.69, 9.17) is 0 Å². The number of anilines is 1. The molecule has 0 spiro atoms. The van der Waals surface area contributed by atoms with E-state index >= 15 is 0 Å². The van der Waals surface area contributed by atoms with E-state index in [1.165, 1.54) is 12.1 Å². The molecule has 0 atom stereocenters. The minimum Gasteiger partial charge on any atom is -0.321 e. The second-order valence-electron chi connectivity index (χ2n) is 6.48. The molecule has 26 heavy (non-hydrogen) atoms. The van der Waals surface area contributed by atoms with Gasteiger partial charge in [-0.3, -0.25) is 19.9 Å². The minimum atomic E-state index is -0.478. The minimum absolute atomic E-state index is 0.0617. The smallest absolute Gasteiger partial charge is 0.271 e. The SMILES string of the molecule is Cc1ccc([N+](=O)[O-])cc1NC(=O)c1cc(C(C)C)nc2ccccc12. The maximum atomic E-state index is 12.9. The van der Waals surface area contributed by atoms with Crippen LogP contribution in [-0.4, -0.2) is 15.8 Å². The van der Waals surface area contributed by atoms with Crippen LogP contribution in [0.1, 0.15) is 41.4 Å². The average Bonchev–Trinajstić information content (AvgIpc) is 2.62. The first-order chi connectivity index (χ1) is 12.4. The van der Waals surface area contributed by atoms with Gasteiger partial charge in [-0.2, -0.15) is 0 Å². The number of benzene rings is 2. The van der Waals surface area contributed by atoms with Crippen LogP contribution < -0.4 is 5.32 Å². The number of nitrogens with zero attached hydrogens (tertiary/aromatic N) is 2. The largest absolute Gasteiger partial charge is 0.321 e. The molecule has 0 fully saturated rings. The zero-order chi connectivity index (χ0) is 18.8. The molecular weight excluding hydrogens is 330 g/mol. The second kappa shape index (κ2) is 6.92. The molecule has 1 aromatic heterocycles. The molecule has 0 bridgehead atoms. The summed E-state index contributed by atoms with van der Waals surface area (Å²) in [5.41, 5.74) is 3.20. The summed E-state index contributed by atoms with van der Waals surface area (Å²) in [6.45, 7) is 5.83. The number of pyridine rings is 1. The number of aromatic nitrogens is 1. The lowest BCUT2D eigenvalue weighted by Gasteiger charge is -2.13. The predicted octanol–water partition coefficient (Wildman–Crippen LogP) is 4.83. The fraction of sp³-hybridized carbons (Fsp3) is 0.200. The number of hydrogen-bond donors (Lipinski definition) is 1. The van der Waals surface area contributed by atoms with Crippen LogP contribution in [-0.2, 0) is 0 Å². The van der Waals surface area contributed by atoms with E-state index in [1.807, 2.05) is 38.1 Å². The average molecular weight is 349 g/mol. The molecule has 0 saturated heterocycles. The van der Waals surface area contributed by atoms with Crippen LogP contribution in [0, 0.1) is 17.0 Å². The van der Waals surface area contributed by atoms with Crippen molar-refractivity contribution in [1.82, 2.24) is 4.98 Å². The predicted molar refractivity (Wildman–Crippen MR) is 102 cm³/mol. The van der Waals surface area contributed by atoms with Crippen molar-refractivity contribution in [1.29, 1.82) is 0 Å². The fourth-order valence-electron chi connectivity index (χ4n) is 2.73. The highest BCUT2D eigenvalue weighted by Crippen LogP contribution is 2.26. The van der Waals surface area contributed by atoms with Gasteiger partial charge in [-0.1, -0.05) is 38.1 Å². The number of hydrogen-bond acceptors (Lipinski definition) is 4. The maximum absolute atomic E-state index is 12.9. The molecule has 3 aromatic rings. The van der Waals surface area contributed by atoms with E-state index in [2.05, 4.69) is 10.3 Å². The number of amides is 1. The molecule has 0 aliphatic carbocycles. The molecular formula is C20H19N3O3. The van der Waals surface area contributed by atoms with Crippen molar-refractivity contribution in [3.8, 4) is 0 Å². The van der Waals surface area contributed by atoms with E-state index in [1.54, 1.807) is 19.1 Å². The topological polar surface area (TPSA) is 85.1 Å². The van der Waals surface area contributed by atoms with Crippen molar-refractivity contribution in [2.45, 2.75) is 26.7 Å². The molecule has 1 amide bonds. The molecule has 6 nitrogen and oxygen atoms in total. The summed E-state index contributed by atoms with van der Waals surface area (Å²) in [5.74, 6) is -0.139. The zero-order valence-corrected chi connectivity index (χ0v) is 14.8. The summed E-state index contributed by atoms with van der Waals surface area (Å²) in [7, 11) is 0. The molecule has 2 aromatic carbocycles. The Morgan fingerprint density at radius 2 is 1.88 bits per heavy atom. The third-order valence-corrected chi connectivity index (χ3v) is 4.25. The first kappa shape index (κ1) is 17.5. The summed E-state index contributed by atoms with van der Waals surface area (Å²) < 4.78 is 0. The summed E-state index contributed by atoms with van der Waals surface area (Å²) >= 11 is 0. The van der Waals surface area contributed by atoms with E-state index in [9.17, 15) is 14.9 Å². The number of non-ortho nitro benzene ring substituents is 1. The van der Waals surface area contributed by atoms with Crippen LogP contribution in [0.25, 0.3) is 10.9 Å². The van der Waals surface area contributed by atoms with Crippen molar-refractivity contribution in [2.75, 3.05) is 5.32 Å². The number of nitro groups is 1. The molecule has 0 aliphatic heterocycles. The van der Waals surface area contributed by atoms with Gasteiger partial charge in [0.1, 0.15) is 0 Å². The van der Waals surface area contributed by atoms with Gasteiger partial charge in [-0.15, -0.1) is 0 Å². The Balaban J connectivity index is 2.05. The number of carbonyl (C=O) groups excluding carboxylic acids is 1. The number of rotatable bonds is 4. The molecule has 6 heteroatoms. The number of fused-ring (bicyclic) bond motifs is 1. The number of nitro benzene ring substituents is 1. The second-order valence-corrected chi connectivity index (χ2v) is 6.48. The van der Waals surface area contributed by atoms with E-state index in [-0.39, 0.29) is 17.5 Å². The molecule has 0 saturated carbocycles. The molecule has 1 heterocycles. The van der Waals surface area contributed by atoms with E-state index in [0.29, 0.717) is 11.3 Å². The van der Waals surface area contributed by atoms with Crippen LogP contribution >= 0.6 is 0 Å². The monoisotopic (exact) mass is 349 g/mol. The van der Waals surface area contributed by atoms with Crippen LogP contribution in [0.4, 0.5) is 11.4 Å². The van der Waals surface area contributed by atoms with Crippen LogP contribution in [0.2, 0.25) is 0 Å². The molecule has 132 valence electrons. The van der Waals surface area contributed by atoms with Crippen LogP contribution in [0.15, 0.2) is 48.5 Å². The Labute approximate surface area is 151 Å². The Morgan fingerprint density at radius 3 is 2.58 bits per heavy atom. The van der Waals surface area contributed by atoms with Crippen LogP contribution in [0.5, 0.6) is 0 Å². The van der Waals surface area contributed by atoms with Crippen molar-refractivity contribution in [3.63, 3.8) is 0 Å². The van der Waals surface area contributed by atoms with Crippen molar-refractivity contribution in [2.24, 2.45) is 0 Å². The van der Waals surface area contributed by atoms with Gasteiger partial charge in [-0.05, 0) is 30.5 Å². The highest BCUT2D eigenvalue weighted by molar-refractivity contribution is 6.12. The van der Waals surface area contributed by atoms with E-state index < -0.39 is 4.92 Å². The Bertz CT molecular complexity index is 1010. The third kappa shape index (κ3) is 3.39. The van der Waals surface area contributed by atoms with Gasteiger partial charge in [-0.25, -0.2) is 0 Å². The van der Waals surface area contributed by atoms with Gasteiger partial charge >= 0.3 is 0 Å².